The summed E-state index contributed by atoms with van der Waals surface area (Å²) in [5.74, 6) is 1.12. The van der Waals surface area contributed by atoms with Crippen molar-refractivity contribution in [2.45, 2.75) is 13.3 Å². The fourth-order valence-corrected chi connectivity index (χ4v) is 2.23. The van der Waals surface area contributed by atoms with Crippen LogP contribution >= 0.6 is 15.9 Å². The van der Waals surface area contributed by atoms with Gasteiger partial charge in [0.2, 0.25) is 0 Å². The van der Waals surface area contributed by atoms with Crippen molar-refractivity contribution in [3.63, 3.8) is 0 Å². The van der Waals surface area contributed by atoms with Crippen molar-refractivity contribution in [3.05, 3.63) is 22.2 Å². The fraction of sp³-hybridized carbons (Fsp3) is 0.462. The quantitative estimate of drug-likeness (QED) is 0.573. The van der Waals surface area contributed by atoms with E-state index >= 15 is 0 Å². The molecule has 0 unspecified atom stereocenters. The van der Waals surface area contributed by atoms with Crippen LogP contribution < -0.4 is 9.47 Å². The molecule has 100 valence electrons. The van der Waals surface area contributed by atoms with Gasteiger partial charge in [-0.3, -0.25) is 4.79 Å². The number of Topliss-reactive ketones (excluding diaryl/α,β-unsaturated/α-hetero) is 1. The first kappa shape index (κ1) is 15.0. The van der Waals surface area contributed by atoms with E-state index in [-0.39, 0.29) is 5.78 Å². The zero-order chi connectivity index (χ0) is 13.5. The van der Waals surface area contributed by atoms with Crippen LogP contribution in [0.1, 0.15) is 23.7 Å². The van der Waals surface area contributed by atoms with Gasteiger partial charge in [0.05, 0.1) is 26.4 Å². The summed E-state index contributed by atoms with van der Waals surface area (Å²) in [7, 11) is 3.09. The molecule has 5 heteroatoms. The standard InChI is InChI=1S/C13H17BrO4/c1-4-18-8-7-10(15)9-5-6-11(16-2)12(14)13(9)17-3/h5-6H,4,7-8H2,1-3H3. The third-order valence-corrected chi connectivity index (χ3v) is 3.21. The van der Waals surface area contributed by atoms with Crippen molar-refractivity contribution in [1.82, 2.24) is 0 Å². The van der Waals surface area contributed by atoms with Crippen LogP contribution in [0.15, 0.2) is 16.6 Å². The van der Waals surface area contributed by atoms with Crippen molar-refractivity contribution in [3.8, 4) is 11.5 Å². The largest absolute Gasteiger partial charge is 0.495 e. The highest BCUT2D eigenvalue weighted by molar-refractivity contribution is 9.10. The van der Waals surface area contributed by atoms with Crippen LogP contribution in [0.25, 0.3) is 0 Å². The van der Waals surface area contributed by atoms with E-state index in [2.05, 4.69) is 15.9 Å². The summed E-state index contributed by atoms with van der Waals surface area (Å²) in [6.07, 6.45) is 0.336. The number of carbonyl (C=O) groups is 1. The molecule has 0 radical (unpaired) electrons. The topological polar surface area (TPSA) is 44.8 Å². The Morgan fingerprint density at radius 2 is 2.00 bits per heavy atom. The van der Waals surface area contributed by atoms with Crippen LogP contribution in [0.3, 0.4) is 0 Å². The highest BCUT2D eigenvalue weighted by Gasteiger charge is 2.17. The van der Waals surface area contributed by atoms with Crippen molar-refractivity contribution >= 4 is 21.7 Å². The van der Waals surface area contributed by atoms with Gasteiger partial charge in [-0.05, 0) is 35.0 Å². The van der Waals surface area contributed by atoms with Gasteiger partial charge in [-0.2, -0.15) is 0 Å². The molecular formula is C13H17BrO4. The van der Waals surface area contributed by atoms with Gasteiger partial charge in [0.1, 0.15) is 16.0 Å². The Hall–Kier alpha value is -1.07. The molecule has 0 aliphatic carbocycles. The minimum absolute atomic E-state index is 0.0105. The number of benzene rings is 1. The zero-order valence-electron chi connectivity index (χ0n) is 10.8. The lowest BCUT2D eigenvalue weighted by Crippen LogP contribution is -2.07. The van der Waals surface area contributed by atoms with Crippen molar-refractivity contribution in [2.24, 2.45) is 0 Å². The lowest BCUT2D eigenvalue weighted by molar-refractivity contribution is 0.0893. The predicted molar refractivity (Wildman–Crippen MR) is 72.7 cm³/mol. The van der Waals surface area contributed by atoms with Gasteiger partial charge < -0.3 is 14.2 Å². The van der Waals surface area contributed by atoms with Crippen LogP contribution in [0.4, 0.5) is 0 Å². The normalized spacial score (nSPS) is 10.2. The van der Waals surface area contributed by atoms with Gasteiger partial charge in [0.25, 0.3) is 0 Å². The number of hydrogen-bond donors (Lipinski definition) is 0. The summed E-state index contributed by atoms with van der Waals surface area (Å²) < 4.78 is 16.2. The number of hydrogen-bond acceptors (Lipinski definition) is 4. The predicted octanol–water partition coefficient (Wildman–Crippen LogP) is 3.08. The third kappa shape index (κ3) is 3.46. The lowest BCUT2D eigenvalue weighted by atomic mass is 10.1. The van der Waals surface area contributed by atoms with Gasteiger partial charge in [-0.15, -0.1) is 0 Å². The Kier molecular flexibility index (Phi) is 6.15. The number of ether oxygens (including phenoxy) is 3. The number of ketones is 1. The Bertz CT molecular complexity index is 418. The molecule has 0 saturated heterocycles. The van der Waals surface area contributed by atoms with Crippen molar-refractivity contribution in [1.29, 1.82) is 0 Å². The Labute approximate surface area is 115 Å². The van der Waals surface area contributed by atoms with E-state index < -0.39 is 0 Å². The first-order chi connectivity index (χ1) is 8.65. The molecule has 4 nitrogen and oxygen atoms in total. The molecule has 1 aromatic carbocycles. The molecule has 0 bridgehead atoms. The first-order valence-electron chi connectivity index (χ1n) is 5.67. The maximum atomic E-state index is 12.0. The molecular weight excluding hydrogens is 300 g/mol. The fourth-order valence-electron chi connectivity index (χ4n) is 1.56. The summed E-state index contributed by atoms with van der Waals surface area (Å²) in [4.78, 5) is 12.0. The Morgan fingerprint density at radius 1 is 1.28 bits per heavy atom. The molecule has 0 spiro atoms. The molecule has 0 heterocycles. The molecule has 0 fully saturated rings. The molecule has 0 N–H and O–H groups in total. The monoisotopic (exact) mass is 316 g/mol. The second-order valence-electron chi connectivity index (χ2n) is 3.53. The van der Waals surface area contributed by atoms with Gasteiger partial charge in [0.15, 0.2) is 5.78 Å². The Balaban J connectivity index is 2.94. The average molecular weight is 317 g/mol. The summed E-state index contributed by atoms with van der Waals surface area (Å²) in [6, 6.07) is 3.44. The first-order valence-corrected chi connectivity index (χ1v) is 6.46. The number of methoxy groups -OCH3 is 2. The summed E-state index contributed by atoms with van der Waals surface area (Å²) >= 11 is 3.37. The maximum absolute atomic E-state index is 12.0. The van der Waals surface area contributed by atoms with Gasteiger partial charge in [-0.25, -0.2) is 0 Å². The van der Waals surface area contributed by atoms with E-state index in [0.29, 0.717) is 41.2 Å². The van der Waals surface area contributed by atoms with Crippen LogP contribution in [0.5, 0.6) is 11.5 Å². The molecule has 0 saturated carbocycles. The third-order valence-electron chi connectivity index (χ3n) is 2.46. The maximum Gasteiger partial charge on any atom is 0.168 e. The zero-order valence-corrected chi connectivity index (χ0v) is 12.4. The number of rotatable bonds is 7. The van der Waals surface area contributed by atoms with Crippen LogP contribution in [-0.4, -0.2) is 33.2 Å². The number of halogens is 1. The van der Waals surface area contributed by atoms with E-state index in [4.69, 9.17) is 14.2 Å². The van der Waals surface area contributed by atoms with Crippen molar-refractivity contribution in [2.75, 3.05) is 27.4 Å². The second-order valence-corrected chi connectivity index (χ2v) is 4.33. The van der Waals surface area contributed by atoms with Gasteiger partial charge in [-0.1, -0.05) is 0 Å². The molecule has 1 rings (SSSR count). The van der Waals surface area contributed by atoms with E-state index in [1.54, 1.807) is 19.2 Å². The minimum atomic E-state index is -0.0105. The van der Waals surface area contributed by atoms with Crippen LogP contribution in [0, 0.1) is 0 Å². The average Bonchev–Trinajstić information content (AvgIpc) is 2.38. The summed E-state index contributed by atoms with van der Waals surface area (Å²) in [6.45, 7) is 2.92. The molecule has 0 aliphatic heterocycles. The minimum Gasteiger partial charge on any atom is -0.495 e. The van der Waals surface area contributed by atoms with Crippen LogP contribution in [0.2, 0.25) is 0 Å². The number of carbonyl (C=O) groups excluding carboxylic acids is 1. The lowest BCUT2D eigenvalue weighted by Gasteiger charge is -2.12. The van der Waals surface area contributed by atoms with E-state index in [9.17, 15) is 4.79 Å². The molecule has 0 atom stereocenters. The smallest absolute Gasteiger partial charge is 0.168 e. The highest BCUT2D eigenvalue weighted by atomic mass is 79.9. The van der Waals surface area contributed by atoms with Gasteiger partial charge >= 0.3 is 0 Å². The van der Waals surface area contributed by atoms with Gasteiger partial charge in [0, 0.05) is 13.0 Å². The molecule has 0 aliphatic rings. The Morgan fingerprint density at radius 3 is 2.56 bits per heavy atom. The molecule has 0 aromatic heterocycles. The molecule has 18 heavy (non-hydrogen) atoms. The highest BCUT2D eigenvalue weighted by Crippen LogP contribution is 2.37. The SMILES string of the molecule is CCOCCC(=O)c1ccc(OC)c(Br)c1OC. The summed E-state index contributed by atoms with van der Waals surface area (Å²) in [5, 5.41) is 0. The second kappa shape index (κ2) is 7.38. The van der Waals surface area contributed by atoms with E-state index in [1.807, 2.05) is 6.92 Å². The van der Waals surface area contributed by atoms with E-state index in [0.717, 1.165) is 0 Å². The summed E-state index contributed by atoms with van der Waals surface area (Å²) in [5.41, 5.74) is 0.532. The molecule has 1 aromatic rings. The van der Waals surface area contributed by atoms with Crippen molar-refractivity contribution < 1.29 is 19.0 Å². The van der Waals surface area contributed by atoms with Crippen LogP contribution in [-0.2, 0) is 4.74 Å². The molecule has 0 amide bonds. The van der Waals surface area contributed by atoms with E-state index in [1.165, 1.54) is 7.11 Å².